The fourth-order valence-corrected chi connectivity index (χ4v) is 3.05. The van der Waals surface area contributed by atoms with Gasteiger partial charge in [-0.1, -0.05) is 0 Å². The van der Waals surface area contributed by atoms with Crippen LogP contribution in [0.3, 0.4) is 0 Å². The molecule has 0 aliphatic carbocycles. The lowest BCUT2D eigenvalue weighted by atomic mass is 10.00. The van der Waals surface area contributed by atoms with Gasteiger partial charge in [0.2, 0.25) is 5.91 Å². The topological polar surface area (TPSA) is 171 Å². The molecule has 0 aromatic carbocycles. The zero-order valence-corrected chi connectivity index (χ0v) is 10.7. The maximum atomic E-state index is 11.8. The first-order valence-corrected chi connectivity index (χ1v) is 6.47. The van der Waals surface area contributed by atoms with Crippen molar-refractivity contribution in [1.29, 1.82) is 0 Å². The van der Waals surface area contributed by atoms with E-state index in [4.69, 9.17) is 10.9 Å². The molecule has 1 fully saturated rings. The number of carbonyl (C=O) groups excluding carboxylic acids is 2. The van der Waals surface area contributed by atoms with E-state index in [1.165, 1.54) is 6.92 Å². The maximum absolute atomic E-state index is 11.8. The predicted octanol–water partition coefficient (Wildman–Crippen LogP) is -1.69. The maximum Gasteiger partial charge on any atom is 0.437 e. The summed E-state index contributed by atoms with van der Waals surface area (Å²) in [5, 5.41) is 10.5. The molecular weight excluding hydrogens is 283 g/mol. The molecule has 0 saturated carbocycles. The summed E-state index contributed by atoms with van der Waals surface area (Å²) >= 11 is 0. The molecule has 0 aromatic rings. The van der Waals surface area contributed by atoms with E-state index < -0.39 is 37.9 Å². The quantitative estimate of drug-likeness (QED) is 0.131. The summed E-state index contributed by atoms with van der Waals surface area (Å²) in [6.07, 6.45) is -1.77. The van der Waals surface area contributed by atoms with E-state index in [9.17, 15) is 23.8 Å². The van der Waals surface area contributed by atoms with Gasteiger partial charge in [0.15, 0.2) is 0 Å². The molecular formula is C7H13N4O7P. The number of hydrazine groups is 1. The largest absolute Gasteiger partial charge is 0.465 e. The highest BCUT2D eigenvalue weighted by atomic mass is 31.2. The Kier molecular flexibility index (Phi) is 4.15. The van der Waals surface area contributed by atoms with Crippen LogP contribution in [0.5, 0.6) is 0 Å². The van der Waals surface area contributed by atoms with Crippen molar-refractivity contribution in [3.63, 3.8) is 0 Å². The lowest BCUT2D eigenvalue weighted by molar-refractivity contribution is -0.148. The summed E-state index contributed by atoms with van der Waals surface area (Å²) in [6, 6.07) is 0. The van der Waals surface area contributed by atoms with Crippen molar-refractivity contribution in [2.75, 3.05) is 6.61 Å². The second kappa shape index (κ2) is 5.13. The van der Waals surface area contributed by atoms with Gasteiger partial charge in [0.1, 0.15) is 12.3 Å². The zero-order chi connectivity index (χ0) is 14.8. The molecule has 0 radical (unpaired) electrons. The summed E-state index contributed by atoms with van der Waals surface area (Å²) < 4.78 is 16.6. The van der Waals surface area contributed by atoms with Crippen molar-refractivity contribution in [1.82, 2.24) is 15.4 Å². The first-order chi connectivity index (χ1) is 8.62. The van der Waals surface area contributed by atoms with E-state index in [-0.39, 0.29) is 6.42 Å². The fraction of sp³-hybridized carbons (Fsp3) is 0.571. The standard InChI is InChI=1S/C7H13N4O7P/c1-7(9-6(14)15)2-5(13)11(7)19(16,17)18-3-4(12)10-8/h9H,2-3,8H2,1H3,(H,10,12)(H,14,15)(H,16,17)/t7-/m1/s1. The van der Waals surface area contributed by atoms with Crippen molar-refractivity contribution in [3.05, 3.63) is 0 Å². The van der Waals surface area contributed by atoms with Gasteiger partial charge in [-0.15, -0.1) is 0 Å². The first-order valence-electron chi connectivity index (χ1n) is 4.94. The highest BCUT2D eigenvalue weighted by molar-refractivity contribution is 7.51. The van der Waals surface area contributed by atoms with Gasteiger partial charge >= 0.3 is 13.8 Å². The van der Waals surface area contributed by atoms with Crippen LogP contribution in [0.1, 0.15) is 13.3 Å². The van der Waals surface area contributed by atoms with Crippen LogP contribution in [0.15, 0.2) is 0 Å². The summed E-state index contributed by atoms with van der Waals surface area (Å²) in [4.78, 5) is 42.3. The number of carboxylic acid groups (broad SMARTS) is 1. The van der Waals surface area contributed by atoms with Crippen LogP contribution >= 0.6 is 7.75 Å². The number of β-lactam (4-membered cyclic amide) rings is 1. The van der Waals surface area contributed by atoms with E-state index in [0.717, 1.165) is 0 Å². The molecule has 11 nitrogen and oxygen atoms in total. The van der Waals surface area contributed by atoms with Gasteiger partial charge in [0.05, 0.1) is 6.42 Å². The Balaban J connectivity index is 2.80. The van der Waals surface area contributed by atoms with Gasteiger partial charge in [-0.2, -0.15) is 0 Å². The second-order valence-corrected chi connectivity index (χ2v) is 5.56. The SMILES string of the molecule is C[C@]1(NC(=O)O)CC(=O)N1P(=O)(O)OCC(=O)NN. The molecule has 108 valence electrons. The van der Waals surface area contributed by atoms with Crippen LogP contribution in [0.2, 0.25) is 0 Å². The highest BCUT2D eigenvalue weighted by Crippen LogP contribution is 2.55. The van der Waals surface area contributed by atoms with Crippen LogP contribution in [0.4, 0.5) is 4.79 Å². The minimum atomic E-state index is -4.66. The Bertz CT molecular complexity index is 468. The summed E-state index contributed by atoms with van der Waals surface area (Å²) in [5.74, 6) is 3.09. The van der Waals surface area contributed by atoms with Crippen molar-refractivity contribution < 1.29 is 33.5 Å². The van der Waals surface area contributed by atoms with Crippen molar-refractivity contribution >= 4 is 25.7 Å². The molecule has 0 spiro atoms. The molecule has 12 heteroatoms. The molecule has 0 bridgehead atoms. The Labute approximate surface area is 107 Å². The van der Waals surface area contributed by atoms with E-state index in [1.54, 1.807) is 5.43 Å². The van der Waals surface area contributed by atoms with Gasteiger partial charge in [-0.05, 0) is 6.92 Å². The molecule has 1 rings (SSSR count). The van der Waals surface area contributed by atoms with Gasteiger partial charge in [0, 0.05) is 0 Å². The first kappa shape index (κ1) is 15.4. The number of nitrogens with zero attached hydrogens (tertiary/aromatic N) is 1. The van der Waals surface area contributed by atoms with Crippen molar-refractivity contribution in [2.24, 2.45) is 5.84 Å². The molecule has 3 amide bonds. The van der Waals surface area contributed by atoms with E-state index in [0.29, 0.717) is 4.67 Å². The van der Waals surface area contributed by atoms with E-state index in [1.807, 2.05) is 5.32 Å². The highest BCUT2D eigenvalue weighted by Gasteiger charge is 2.57. The Hall–Kier alpha value is -1.68. The van der Waals surface area contributed by atoms with Gasteiger partial charge in [-0.3, -0.25) is 24.9 Å². The van der Waals surface area contributed by atoms with Gasteiger partial charge in [0.25, 0.3) is 5.91 Å². The second-order valence-electron chi connectivity index (χ2n) is 3.92. The zero-order valence-electron chi connectivity index (χ0n) is 9.82. The number of carbonyl (C=O) groups is 3. The fourth-order valence-electron chi connectivity index (χ4n) is 1.62. The van der Waals surface area contributed by atoms with Crippen molar-refractivity contribution in [3.8, 4) is 0 Å². The third-order valence-electron chi connectivity index (χ3n) is 2.35. The number of amides is 3. The minimum absolute atomic E-state index is 0.295. The summed E-state index contributed by atoms with van der Waals surface area (Å²) in [5.41, 5.74) is 0.104. The molecule has 2 atom stereocenters. The lowest BCUT2D eigenvalue weighted by Gasteiger charge is -2.49. The van der Waals surface area contributed by atoms with Crippen LogP contribution in [0.25, 0.3) is 0 Å². The number of rotatable bonds is 5. The number of hydrogen-bond acceptors (Lipinski definition) is 6. The van der Waals surface area contributed by atoms with E-state index >= 15 is 0 Å². The van der Waals surface area contributed by atoms with Crippen LogP contribution in [0, 0.1) is 0 Å². The van der Waals surface area contributed by atoms with Crippen molar-refractivity contribution in [2.45, 2.75) is 19.0 Å². The van der Waals surface area contributed by atoms with Gasteiger partial charge < -0.3 is 10.00 Å². The molecule has 1 aliphatic heterocycles. The Morgan fingerprint density at radius 2 is 2.21 bits per heavy atom. The summed E-state index contributed by atoms with van der Waals surface area (Å²) in [6.45, 7) is 0.384. The molecule has 19 heavy (non-hydrogen) atoms. The third-order valence-corrected chi connectivity index (χ3v) is 3.99. The normalized spacial score (nSPS) is 25.2. The van der Waals surface area contributed by atoms with Crippen LogP contribution < -0.4 is 16.6 Å². The lowest BCUT2D eigenvalue weighted by Crippen LogP contribution is -2.68. The molecule has 6 N–H and O–H groups in total. The third kappa shape index (κ3) is 3.20. The molecule has 1 heterocycles. The average molecular weight is 296 g/mol. The Morgan fingerprint density at radius 3 is 2.63 bits per heavy atom. The summed E-state index contributed by atoms with van der Waals surface area (Å²) in [7, 11) is -4.66. The molecule has 1 unspecified atom stereocenters. The molecule has 1 saturated heterocycles. The molecule has 0 aromatic heterocycles. The number of nitrogens with two attached hydrogens (primary N) is 1. The van der Waals surface area contributed by atoms with Gasteiger partial charge in [-0.25, -0.2) is 19.9 Å². The minimum Gasteiger partial charge on any atom is -0.465 e. The Morgan fingerprint density at radius 1 is 1.63 bits per heavy atom. The smallest absolute Gasteiger partial charge is 0.437 e. The van der Waals surface area contributed by atoms with Crippen LogP contribution in [-0.4, -0.2) is 44.8 Å². The van der Waals surface area contributed by atoms with E-state index in [2.05, 4.69) is 4.52 Å². The molecule has 1 aliphatic rings. The number of nitrogens with one attached hydrogen (secondary N) is 2. The monoisotopic (exact) mass is 296 g/mol. The van der Waals surface area contributed by atoms with Crippen LogP contribution in [-0.2, 0) is 18.7 Å². The number of hydrogen-bond donors (Lipinski definition) is 5. The average Bonchev–Trinajstić information content (AvgIpc) is 2.23. The predicted molar refractivity (Wildman–Crippen MR) is 59.1 cm³/mol.